The smallest absolute Gasteiger partial charge is 0.416 e. The van der Waals surface area contributed by atoms with Crippen molar-refractivity contribution in [2.24, 2.45) is 0 Å². The second kappa shape index (κ2) is 8.73. The zero-order valence-corrected chi connectivity index (χ0v) is 14.8. The fourth-order valence-corrected chi connectivity index (χ4v) is 2.35. The van der Waals surface area contributed by atoms with Crippen LogP contribution < -0.4 is 4.74 Å². The van der Waals surface area contributed by atoms with Crippen LogP contribution in [0.5, 0.6) is 5.75 Å². The molecule has 0 radical (unpaired) electrons. The van der Waals surface area contributed by atoms with Crippen molar-refractivity contribution >= 4 is 29.4 Å². The first-order valence-corrected chi connectivity index (χ1v) is 7.97. The molecule has 0 aliphatic carbocycles. The molecule has 0 aromatic heterocycles. The predicted octanol–water partition coefficient (Wildman–Crippen LogP) is 4.81. The average molecular weight is 399 g/mol. The Hall–Kier alpha value is -2.80. The number of alkyl halides is 3. The Morgan fingerprint density at radius 1 is 1.15 bits per heavy atom. The van der Waals surface area contributed by atoms with Crippen molar-refractivity contribution in [1.29, 1.82) is 0 Å². The van der Waals surface area contributed by atoms with E-state index in [9.17, 15) is 22.8 Å². The SMILES string of the molecule is COc1ccc(C(=O)COC(=O)/C=C/c2cccc(C(F)(F)F)c2)cc1Cl. The Morgan fingerprint density at radius 3 is 2.52 bits per heavy atom. The highest BCUT2D eigenvalue weighted by Crippen LogP contribution is 2.29. The zero-order valence-electron chi connectivity index (χ0n) is 14.0. The standard InChI is InChI=1S/C19H14ClF3O4/c1-26-17-7-6-13(10-15(17)20)16(24)11-27-18(25)8-5-12-3-2-4-14(9-12)19(21,22)23/h2-10H,11H2,1H3/b8-5+. The fraction of sp³-hybridized carbons (Fsp3) is 0.158. The van der Waals surface area contributed by atoms with Crippen molar-refractivity contribution in [3.8, 4) is 5.75 Å². The largest absolute Gasteiger partial charge is 0.495 e. The Labute approximate surface area is 158 Å². The number of rotatable bonds is 6. The molecule has 2 rings (SSSR count). The maximum absolute atomic E-state index is 12.6. The molecule has 4 nitrogen and oxygen atoms in total. The van der Waals surface area contributed by atoms with E-state index < -0.39 is 30.1 Å². The number of halogens is 4. The third-order valence-corrected chi connectivity index (χ3v) is 3.74. The van der Waals surface area contributed by atoms with E-state index in [1.807, 2.05) is 0 Å². The fourth-order valence-electron chi connectivity index (χ4n) is 2.09. The molecule has 0 saturated heterocycles. The van der Waals surface area contributed by atoms with E-state index in [-0.39, 0.29) is 16.1 Å². The summed E-state index contributed by atoms with van der Waals surface area (Å²) in [5, 5.41) is 0.235. The monoisotopic (exact) mass is 398 g/mol. The van der Waals surface area contributed by atoms with Crippen LogP contribution in [0.1, 0.15) is 21.5 Å². The van der Waals surface area contributed by atoms with Gasteiger partial charge < -0.3 is 9.47 Å². The third kappa shape index (κ3) is 5.86. The summed E-state index contributed by atoms with van der Waals surface area (Å²) >= 11 is 5.92. The van der Waals surface area contributed by atoms with Gasteiger partial charge in [0, 0.05) is 11.6 Å². The van der Waals surface area contributed by atoms with Gasteiger partial charge in [-0.2, -0.15) is 13.2 Å². The first-order chi connectivity index (χ1) is 12.7. The van der Waals surface area contributed by atoms with Gasteiger partial charge in [0.1, 0.15) is 5.75 Å². The highest BCUT2D eigenvalue weighted by atomic mass is 35.5. The van der Waals surface area contributed by atoms with Crippen LogP contribution in [-0.2, 0) is 15.7 Å². The van der Waals surface area contributed by atoms with Crippen LogP contribution in [0.4, 0.5) is 13.2 Å². The first kappa shape index (κ1) is 20.5. The first-order valence-electron chi connectivity index (χ1n) is 7.59. The van der Waals surface area contributed by atoms with Gasteiger partial charge in [0.2, 0.25) is 0 Å². The van der Waals surface area contributed by atoms with Crippen molar-refractivity contribution in [3.63, 3.8) is 0 Å². The molecule has 0 atom stereocenters. The summed E-state index contributed by atoms with van der Waals surface area (Å²) in [5.41, 5.74) is -0.421. The van der Waals surface area contributed by atoms with Gasteiger partial charge in [0.25, 0.3) is 0 Å². The number of methoxy groups -OCH3 is 1. The minimum atomic E-state index is -4.48. The van der Waals surface area contributed by atoms with Crippen molar-refractivity contribution < 1.29 is 32.2 Å². The van der Waals surface area contributed by atoms with E-state index in [1.54, 1.807) is 0 Å². The molecule has 0 unspecified atom stereocenters. The number of ether oxygens (including phenoxy) is 2. The predicted molar refractivity (Wildman–Crippen MR) is 93.8 cm³/mol. The summed E-state index contributed by atoms with van der Waals surface area (Å²) in [6.07, 6.45) is -2.35. The van der Waals surface area contributed by atoms with E-state index in [4.69, 9.17) is 21.1 Å². The third-order valence-electron chi connectivity index (χ3n) is 3.45. The molecule has 0 aliphatic rings. The zero-order chi connectivity index (χ0) is 20.0. The molecule has 0 heterocycles. The van der Waals surface area contributed by atoms with Crippen LogP contribution in [0.15, 0.2) is 48.5 Å². The number of Topliss-reactive ketones (excluding diaryl/α,β-unsaturated/α-hetero) is 1. The van der Waals surface area contributed by atoms with E-state index in [0.29, 0.717) is 5.75 Å². The molecule has 142 valence electrons. The van der Waals surface area contributed by atoms with E-state index in [0.717, 1.165) is 18.2 Å². The molecule has 27 heavy (non-hydrogen) atoms. The lowest BCUT2D eigenvalue weighted by atomic mass is 10.1. The van der Waals surface area contributed by atoms with Gasteiger partial charge in [0.15, 0.2) is 12.4 Å². The lowest BCUT2D eigenvalue weighted by molar-refractivity contribution is -0.138. The highest BCUT2D eigenvalue weighted by Gasteiger charge is 2.30. The number of ketones is 1. The van der Waals surface area contributed by atoms with Gasteiger partial charge >= 0.3 is 12.1 Å². The number of esters is 1. The summed E-state index contributed by atoms with van der Waals surface area (Å²) in [5.74, 6) is -0.949. The van der Waals surface area contributed by atoms with Crippen molar-refractivity contribution in [3.05, 3.63) is 70.3 Å². The topological polar surface area (TPSA) is 52.6 Å². The Balaban J connectivity index is 1.95. The molecular formula is C19H14ClF3O4. The molecule has 0 amide bonds. The lowest BCUT2D eigenvalue weighted by Gasteiger charge is -2.07. The van der Waals surface area contributed by atoms with Gasteiger partial charge in [-0.1, -0.05) is 23.7 Å². The van der Waals surface area contributed by atoms with Crippen molar-refractivity contribution in [1.82, 2.24) is 0 Å². The number of carbonyl (C=O) groups excluding carboxylic acids is 2. The maximum atomic E-state index is 12.6. The molecule has 2 aromatic carbocycles. The van der Waals surface area contributed by atoms with Crippen molar-refractivity contribution in [2.45, 2.75) is 6.18 Å². The number of carbonyl (C=O) groups is 2. The summed E-state index contributed by atoms with van der Waals surface area (Å²) in [6.45, 7) is -0.533. The summed E-state index contributed by atoms with van der Waals surface area (Å²) in [4.78, 5) is 23.7. The molecule has 0 bridgehead atoms. The normalized spacial score (nSPS) is 11.4. The number of hydrogen-bond donors (Lipinski definition) is 0. The van der Waals surface area contributed by atoms with Crippen molar-refractivity contribution in [2.75, 3.05) is 13.7 Å². The molecule has 0 N–H and O–H groups in total. The minimum absolute atomic E-state index is 0.176. The molecule has 0 fully saturated rings. The molecular weight excluding hydrogens is 385 g/mol. The van der Waals surface area contributed by atoms with E-state index >= 15 is 0 Å². The Morgan fingerprint density at radius 2 is 1.89 bits per heavy atom. The summed E-state index contributed by atoms with van der Waals surface area (Å²) in [7, 11) is 1.43. The lowest BCUT2D eigenvalue weighted by Crippen LogP contribution is -2.12. The second-order valence-electron chi connectivity index (χ2n) is 5.34. The van der Waals surface area contributed by atoms with Crippen LogP contribution >= 0.6 is 11.6 Å². The summed E-state index contributed by atoms with van der Waals surface area (Å²) < 4.78 is 47.7. The molecule has 2 aromatic rings. The summed E-state index contributed by atoms with van der Waals surface area (Å²) in [6, 6.07) is 8.82. The number of benzene rings is 2. The molecule has 0 saturated carbocycles. The quantitative estimate of drug-likeness (QED) is 0.398. The van der Waals surface area contributed by atoms with Gasteiger partial charge in [-0.3, -0.25) is 4.79 Å². The van der Waals surface area contributed by atoms with Gasteiger partial charge in [-0.25, -0.2) is 4.79 Å². The van der Waals surface area contributed by atoms with Crippen LogP contribution in [-0.4, -0.2) is 25.5 Å². The van der Waals surface area contributed by atoms with E-state index in [1.165, 1.54) is 43.5 Å². The van der Waals surface area contributed by atoms with Crippen LogP contribution in [0.2, 0.25) is 5.02 Å². The molecule has 0 aliphatic heterocycles. The molecule has 8 heteroatoms. The van der Waals surface area contributed by atoms with Crippen LogP contribution in [0, 0.1) is 0 Å². The average Bonchev–Trinajstić information content (AvgIpc) is 2.63. The Bertz CT molecular complexity index is 875. The van der Waals surface area contributed by atoms with E-state index in [2.05, 4.69) is 0 Å². The second-order valence-corrected chi connectivity index (χ2v) is 5.74. The van der Waals surface area contributed by atoms with Gasteiger partial charge in [-0.15, -0.1) is 0 Å². The number of hydrogen-bond acceptors (Lipinski definition) is 4. The minimum Gasteiger partial charge on any atom is -0.495 e. The van der Waals surface area contributed by atoms with Gasteiger partial charge in [-0.05, 0) is 42.0 Å². The molecule has 0 spiro atoms. The van der Waals surface area contributed by atoms with Crippen LogP contribution in [0.25, 0.3) is 6.08 Å². The van der Waals surface area contributed by atoms with Crippen LogP contribution in [0.3, 0.4) is 0 Å². The maximum Gasteiger partial charge on any atom is 0.416 e. The Kier molecular flexibility index (Phi) is 6.63. The highest BCUT2D eigenvalue weighted by molar-refractivity contribution is 6.32. The van der Waals surface area contributed by atoms with Gasteiger partial charge in [0.05, 0.1) is 17.7 Å².